The van der Waals surface area contributed by atoms with Crippen LogP contribution < -0.4 is 4.65 Å². The van der Waals surface area contributed by atoms with Gasteiger partial charge in [0.25, 0.3) is 5.69 Å². The van der Waals surface area contributed by atoms with Crippen molar-refractivity contribution in [1.82, 2.24) is 4.65 Å². The number of halogens is 1. The minimum absolute atomic E-state index is 0.144. The quantitative estimate of drug-likeness (QED) is 0.188. The van der Waals surface area contributed by atoms with Gasteiger partial charge in [0, 0.05) is 17.7 Å². The zero-order valence-corrected chi connectivity index (χ0v) is 8.42. The SMILES string of the molecule is O=C(Cl)[N+]1([O-])C=Nc2ccc([N+](=O)[O-])cc21. The normalized spacial score (nSPS) is 21.9. The second kappa shape index (κ2) is 3.34. The minimum atomic E-state index is -1.61. The number of carbonyl (C=O) groups excluding carboxylic acids is 1. The predicted molar refractivity (Wildman–Crippen MR) is 57.7 cm³/mol. The molecule has 0 spiro atoms. The fourth-order valence-corrected chi connectivity index (χ4v) is 1.48. The average Bonchev–Trinajstić information content (AvgIpc) is 2.57. The van der Waals surface area contributed by atoms with Gasteiger partial charge in [-0.15, -0.1) is 0 Å². The number of nitrogens with zero attached hydrogens (tertiary/aromatic N) is 3. The zero-order valence-electron chi connectivity index (χ0n) is 7.66. The van der Waals surface area contributed by atoms with Crippen molar-refractivity contribution in [3.8, 4) is 0 Å². The van der Waals surface area contributed by atoms with Gasteiger partial charge in [0.1, 0.15) is 5.69 Å². The van der Waals surface area contributed by atoms with Crippen LogP contribution in [0.1, 0.15) is 0 Å². The van der Waals surface area contributed by atoms with Crippen molar-refractivity contribution in [2.45, 2.75) is 0 Å². The topological polar surface area (TPSA) is 95.6 Å². The van der Waals surface area contributed by atoms with Gasteiger partial charge in [-0.2, -0.15) is 4.99 Å². The van der Waals surface area contributed by atoms with Crippen molar-refractivity contribution >= 4 is 40.4 Å². The van der Waals surface area contributed by atoms with E-state index in [-0.39, 0.29) is 17.1 Å². The molecule has 1 aliphatic heterocycles. The Bertz CT molecular complexity index is 530. The third-order valence-electron chi connectivity index (χ3n) is 2.15. The second-order valence-electron chi connectivity index (χ2n) is 3.09. The summed E-state index contributed by atoms with van der Waals surface area (Å²) >= 11 is 5.14. The van der Waals surface area contributed by atoms with Gasteiger partial charge in [-0.05, 0) is 6.07 Å². The van der Waals surface area contributed by atoms with Gasteiger partial charge in [-0.1, -0.05) is 0 Å². The number of hydrogen-bond acceptors (Lipinski definition) is 5. The molecule has 0 aromatic heterocycles. The van der Waals surface area contributed by atoms with Gasteiger partial charge in [0.2, 0.25) is 6.34 Å². The molecule has 0 aliphatic carbocycles. The molecule has 0 bridgehead atoms. The molecule has 0 saturated heterocycles. The highest BCUT2D eigenvalue weighted by Crippen LogP contribution is 2.40. The monoisotopic (exact) mass is 241 g/mol. The highest BCUT2D eigenvalue weighted by molar-refractivity contribution is 6.66. The first-order valence-electron chi connectivity index (χ1n) is 4.09. The molecule has 1 amide bonds. The number of fused-ring (bicyclic) bond motifs is 1. The standard InChI is InChI=1S/C8H4ClN3O4/c9-8(13)12(16)4-10-6-2-1-5(11(14)15)3-7(6)12/h1-4H. The summed E-state index contributed by atoms with van der Waals surface area (Å²) in [5.74, 6) is 0. The van der Waals surface area contributed by atoms with Gasteiger partial charge >= 0.3 is 5.37 Å². The van der Waals surface area contributed by atoms with E-state index in [1.807, 2.05) is 0 Å². The largest absolute Gasteiger partial charge is 0.612 e. The zero-order chi connectivity index (χ0) is 11.9. The molecule has 0 radical (unpaired) electrons. The number of benzene rings is 1. The summed E-state index contributed by atoms with van der Waals surface area (Å²) in [4.78, 5) is 24.5. The van der Waals surface area contributed by atoms with Gasteiger partial charge in [0.05, 0.1) is 11.0 Å². The third kappa shape index (κ3) is 1.38. The first-order chi connectivity index (χ1) is 7.45. The number of quaternary nitrogens is 1. The van der Waals surface area contributed by atoms with Crippen LogP contribution >= 0.6 is 11.6 Å². The van der Waals surface area contributed by atoms with Crippen molar-refractivity contribution in [3.63, 3.8) is 0 Å². The molecule has 0 N–H and O–H groups in total. The number of aliphatic imine (C=N–C) groups is 1. The molecule has 1 aliphatic rings. The first-order valence-corrected chi connectivity index (χ1v) is 4.47. The number of non-ortho nitro benzene ring substituents is 1. The van der Waals surface area contributed by atoms with Crippen LogP contribution in [0.15, 0.2) is 23.2 Å². The number of amides is 1. The minimum Gasteiger partial charge on any atom is -0.612 e. The van der Waals surface area contributed by atoms with E-state index in [4.69, 9.17) is 11.6 Å². The lowest BCUT2D eigenvalue weighted by atomic mass is 10.2. The maximum Gasteiger partial charge on any atom is 0.422 e. The molecule has 2 rings (SSSR count). The van der Waals surface area contributed by atoms with Crippen LogP contribution in [0.2, 0.25) is 0 Å². The van der Waals surface area contributed by atoms with Crippen molar-refractivity contribution in [2.75, 3.05) is 0 Å². The van der Waals surface area contributed by atoms with Crippen LogP contribution in [0, 0.1) is 15.3 Å². The van der Waals surface area contributed by atoms with E-state index in [0.717, 1.165) is 12.4 Å². The molecule has 0 saturated carbocycles. The smallest absolute Gasteiger partial charge is 0.422 e. The Hall–Kier alpha value is -1.83. The maximum absolute atomic E-state index is 11.9. The van der Waals surface area contributed by atoms with E-state index in [1.54, 1.807) is 0 Å². The van der Waals surface area contributed by atoms with Crippen LogP contribution in [0.4, 0.5) is 21.9 Å². The summed E-state index contributed by atoms with van der Waals surface area (Å²) in [6.45, 7) is 0. The Morgan fingerprint density at radius 3 is 2.75 bits per heavy atom. The number of carbonyl (C=O) groups is 1. The van der Waals surface area contributed by atoms with Crippen molar-refractivity contribution < 1.29 is 9.72 Å². The number of hydroxylamine groups is 2. The van der Waals surface area contributed by atoms with E-state index in [9.17, 15) is 20.1 Å². The van der Waals surface area contributed by atoms with E-state index < -0.39 is 14.9 Å². The number of rotatable bonds is 1. The molecule has 8 heteroatoms. The van der Waals surface area contributed by atoms with Crippen LogP contribution in [-0.4, -0.2) is 16.6 Å². The summed E-state index contributed by atoms with van der Waals surface area (Å²) in [6.07, 6.45) is 0.795. The number of hydrogen-bond donors (Lipinski definition) is 0. The Morgan fingerprint density at radius 2 is 2.19 bits per heavy atom. The Balaban J connectivity index is 2.60. The predicted octanol–water partition coefficient (Wildman–Crippen LogP) is 2.43. The summed E-state index contributed by atoms with van der Waals surface area (Å²) in [5, 5.41) is 21.2. The summed E-state index contributed by atoms with van der Waals surface area (Å²) in [6, 6.07) is 3.49. The Morgan fingerprint density at radius 1 is 1.50 bits per heavy atom. The van der Waals surface area contributed by atoms with Gasteiger partial charge in [-0.25, -0.2) is 9.44 Å². The van der Waals surface area contributed by atoms with E-state index >= 15 is 0 Å². The van der Waals surface area contributed by atoms with Gasteiger partial charge in [-0.3, -0.25) is 10.1 Å². The molecular weight excluding hydrogens is 238 g/mol. The lowest BCUT2D eigenvalue weighted by molar-refractivity contribution is -0.384. The van der Waals surface area contributed by atoms with Crippen molar-refractivity contribution in [2.24, 2.45) is 4.99 Å². The molecule has 1 unspecified atom stereocenters. The van der Waals surface area contributed by atoms with Gasteiger partial charge < -0.3 is 5.21 Å². The first kappa shape index (κ1) is 10.7. The lowest BCUT2D eigenvalue weighted by Crippen LogP contribution is -2.42. The third-order valence-corrected chi connectivity index (χ3v) is 2.40. The molecule has 0 fully saturated rings. The molecule has 16 heavy (non-hydrogen) atoms. The second-order valence-corrected chi connectivity index (χ2v) is 3.41. The summed E-state index contributed by atoms with van der Waals surface area (Å²) in [5.41, 5.74) is -0.232. The van der Waals surface area contributed by atoms with E-state index in [1.165, 1.54) is 12.1 Å². The lowest BCUT2D eigenvalue weighted by Gasteiger charge is -2.27. The summed E-state index contributed by atoms with van der Waals surface area (Å²) in [7, 11) is 0. The molecule has 7 nitrogen and oxygen atoms in total. The maximum atomic E-state index is 11.9. The molecule has 1 aromatic rings. The molecule has 82 valence electrons. The molecule has 1 atom stereocenters. The molecule has 1 heterocycles. The Kier molecular flexibility index (Phi) is 2.23. The van der Waals surface area contributed by atoms with Crippen molar-refractivity contribution in [3.05, 3.63) is 33.5 Å². The van der Waals surface area contributed by atoms with Crippen LogP contribution in [-0.2, 0) is 0 Å². The van der Waals surface area contributed by atoms with Crippen LogP contribution in [0.25, 0.3) is 0 Å². The van der Waals surface area contributed by atoms with Gasteiger partial charge in [0.15, 0.2) is 5.69 Å². The van der Waals surface area contributed by atoms with E-state index in [0.29, 0.717) is 0 Å². The molecule has 1 aromatic carbocycles. The fraction of sp³-hybridized carbons (Fsp3) is 0. The van der Waals surface area contributed by atoms with Crippen LogP contribution in [0.5, 0.6) is 0 Å². The number of nitro groups is 1. The number of nitro benzene ring substituents is 1. The highest BCUT2D eigenvalue weighted by atomic mass is 35.5. The fourth-order valence-electron chi connectivity index (χ4n) is 1.35. The van der Waals surface area contributed by atoms with Crippen LogP contribution in [0.3, 0.4) is 0 Å². The van der Waals surface area contributed by atoms with E-state index in [2.05, 4.69) is 4.99 Å². The molecular formula is C8H4ClN3O4. The van der Waals surface area contributed by atoms with Crippen molar-refractivity contribution in [1.29, 1.82) is 0 Å². The average molecular weight is 242 g/mol. The summed E-state index contributed by atoms with van der Waals surface area (Å²) < 4.78 is -1.61. The Labute approximate surface area is 93.9 Å². The highest BCUT2D eigenvalue weighted by Gasteiger charge is 2.36.